The molecule has 178 valence electrons. The van der Waals surface area contributed by atoms with Crippen LogP contribution in [0.25, 0.3) is 33.4 Å². The van der Waals surface area contributed by atoms with Crippen molar-refractivity contribution in [2.75, 3.05) is 25.0 Å². The molecule has 0 spiro atoms. The highest BCUT2D eigenvalue weighted by atomic mass is 35.5. The Morgan fingerprint density at radius 2 is 1.94 bits per heavy atom. The smallest absolute Gasteiger partial charge is 0.260 e. The molecule has 8 nitrogen and oxygen atoms in total. The second kappa shape index (κ2) is 8.70. The van der Waals surface area contributed by atoms with E-state index in [0.717, 1.165) is 35.4 Å². The number of anilines is 1. The van der Waals surface area contributed by atoms with E-state index < -0.39 is 0 Å². The second-order valence-corrected chi connectivity index (χ2v) is 9.77. The summed E-state index contributed by atoms with van der Waals surface area (Å²) in [7, 11) is 0. The fourth-order valence-corrected chi connectivity index (χ4v) is 5.57. The zero-order chi connectivity index (χ0) is 24.1. The molecule has 0 unspecified atom stereocenters. The molecule has 0 radical (unpaired) electrons. The van der Waals surface area contributed by atoms with Crippen molar-refractivity contribution in [3.8, 4) is 22.4 Å². The molecule has 2 N–H and O–H groups in total. The number of nitrogens with one attached hydrogen (secondary N) is 2. The summed E-state index contributed by atoms with van der Waals surface area (Å²) in [4.78, 5) is 31.8. The molecule has 1 aliphatic heterocycles. The lowest BCUT2D eigenvalue weighted by Crippen LogP contribution is -2.26. The monoisotopic (exact) mass is 487 g/mol. The molecule has 3 aromatic heterocycles. The first-order chi connectivity index (χ1) is 17.0. The van der Waals surface area contributed by atoms with Gasteiger partial charge in [0.05, 0.1) is 17.6 Å². The minimum absolute atomic E-state index is 0.0819. The molecule has 0 bridgehead atoms. The maximum absolute atomic E-state index is 13.9. The minimum atomic E-state index is -0.0819. The van der Waals surface area contributed by atoms with Crippen molar-refractivity contribution < 1.29 is 0 Å². The standard InChI is InChI=1S/C26H26ClN7O/c1-3-30-26-31-9-16-6-18(17-5-4-15(7-22(17)27)23-12-28-8-14(2)32-23)25(35)34(24(16)33-26)13-21-19-10-29-11-20(19)21/h4-9,12,19-21,29H,3,10-11,13H2,1-2H3,(H,30,31,33)/t19-,20+,21+. The van der Waals surface area contributed by atoms with Gasteiger partial charge in [-0.1, -0.05) is 23.7 Å². The Morgan fingerprint density at radius 1 is 1.11 bits per heavy atom. The average Bonchev–Trinajstić information content (AvgIpc) is 3.26. The third kappa shape index (κ3) is 3.96. The summed E-state index contributed by atoms with van der Waals surface area (Å²) in [5.41, 5.74) is 4.24. The lowest BCUT2D eigenvalue weighted by molar-refractivity contribution is 0.515. The van der Waals surface area contributed by atoms with Gasteiger partial charge in [0.25, 0.3) is 5.56 Å². The molecule has 1 saturated heterocycles. The molecule has 1 aromatic carbocycles. The summed E-state index contributed by atoms with van der Waals surface area (Å²) >= 11 is 6.75. The van der Waals surface area contributed by atoms with Gasteiger partial charge in [0.2, 0.25) is 5.95 Å². The van der Waals surface area contributed by atoms with Crippen LogP contribution in [0.1, 0.15) is 12.6 Å². The van der Waals surface area contributed by atoms with E-state index in [2.05, 4.69) is 25.6 Å². The van der Waals surface area contributed by atoms with Gasteiger partial charge in [0.15, 0.2) is 0 Å². The number of hydrogen-bond acceptors (Lipinski definition) is 7. The maximum Gasteiger partial charge on any atom is 0.260 e. The number of benzene rings is 1. The molecule has 3 atom stereocenters. The summed E-state index contributed by atoms with van der Waals surface area (Å²) in [6.45, 7) is 7.30. The zero-order valence-corrected chi connectivity index (χ0v) is 20.4. The van der Waals surface area contributed by atoms with Gasteiger partial charge in [-0.3, -0.25) is 14.3 Å². The number of hydrogen-bond donors (Lipinski definition) is 2. The molecular formula is C26H26ClN7O. The number of pyridine rings is 1. The van der Waals surface area contributed by atoms with Gasteiger partial charge < -0.3 is 10.6 Å². The van der Waals surface area contributed by atoms with Crippen molar-refractivity contribution in [1.82, 2.24) is 29.8 Å². The fraction of sp³-hybridized carbons (Fsp3) is 0.346. The van der Waals surface area contributed by atoms with Gasteiger partial charge >= 0.3 is 0 Å². The summed E-state index contributed by atoms with van der Waals surface area (Å²) in [6, 6.07) is 7.52. The molecule has 35 heavy (non-hydrogen) atoms. The van der Waals surface area contributed by atoms with Crippen LogP contribution >= 0.6 is 11.6 Å². The first-order valence-corrected chi connectivity index (χ1v) is 12.4. The van der Waals surface area contributed by atoms with Crippen molar-refractivity contribution in [3.05, 3.63) is 63.9 Å². The molecule has 0 amide bonds. The zero-order valence-electron chi connectivity index (χ0n) is 19.6. The SMILES string of the molecule is CCNc1ncc2cc(-c3ccc(-c4cncc(C)n4)cc3Cl)c(=O)n(C[C@H]3[C@@H]4CNC[C@@H]43)c2n1. The van der Waals surface area contributed by atoms with Crippen LogP contribution in [-0.2, 0) is 6.54 Å². The van der Waals surface area contributed by atoms with Crippen molar-refractivity contribution in [2.24, 2.45) is 17.8 Å². The summed E-state index contributed by atoms with van der Waals surface area (Å²) in [5, 5.41) is 7.90. The van der Waals surface area contributed by atoms with Crippen LogP contribution in [0.3, 0.4) is 0 Å². The van der Waals surface area contributed by atoms with Gasteiger partial charge in [0, 0.05) is 52.6 Å². The van der Waals surface area contributed by atoms with E-state index in [4.69, 9.17) is 16.6 Å². The first-order valence-electron chi connectivity index (χ1n) is 12.0. The second-order valence-electron chi connectivity index (χ2n) is 9.37. The number of piperidine rings is 1. The number of fused-ring (bicyclic) bond motifs is 2. The van der Waals surface area contributed by atoms with Gasteiger partial charge in [-0.15, -0.1) is 0 Å². The summed E-state index contributed by atoms with van der Waals surface area (Å²) < 4.78 is 1.83. The number of aromatic nitrogens is 5. The highest BCUT2D eigenvalue weighted by Crippen LogP contribution is 2.49. The molecule has 1 aliphatic carbocycles. The lowest BCUT2D eigenvalue weighted by atomic mass is 10.0. The topological polar surface area (TPSA) is 97.6 Å². The largest absolute Gasteiger partial charge is 0.354 e. The summed E-state index contributed by atoms with van der Waals surface area (Å²) in [6.07, 6.45) is 5.20. The Bertz CT molecular complexity index is 1490. The fourth-order valence-electron chi connectivity index (χ4n) is 5.29. The third-order valence-corrected chi connectivity index (χ3v) is 7.45. The van der Waals surface area contributed by atoms with Crippen molar-refractivity contribution >= 4 is 28.6 Å². The van der Waals surface area contributed by atoms with E-state index in [1.54, 1.807) is 18.6 Å². The number of halogens is 1. The van der Waals surface area contributed by atoms with Crippen LogP contribution in [0, 0.1) is 24.7 Å². The molecule has 1 saturated carbocycles. The molecule has 2 aliphatic rings. The van der Waals surface area contributed by atoms with Crippen molar-refractivity contribution in [1.29, 1.82) is 0 Å². The predicted molar refractivity (Wildman–Crippen MR) is 138 cm³/mol. The Labute approximate surface area is 207 Å². The van der Waals surface area contributed by atoms with Gasteiger partial charge in [-0.2, -0.15) is 4.98 Å². The average molecular weight is 488 g/mol. The predicted octanol–water partition coefficient (Wildman–Crippen LogP) is 3.77. The van der Waals surface area contributed by atoms with Gasteiger partial charge in [0.1, 0.15) is 5.65 Å². The highest BCUT2D eigenvalue weighted by Gasteiger charge is 2.52. The van der Waals surface area contributed by atoms with Crippen LogP contribution < -0.4 is 16.2 Å². The van der Waals surface area contributed by atoms with Crippen LogP contribution in [0.15, 0.2) is 47.7 Å². The van der Waals surface area contributed by atoms with Crippen LogP contribution in [0.2, 0.25) is 5.02 Å². The van der Waals surface area contributed by atoms with Crippen LogP contribution in [0.5, 0.6) is 0 Å². The highest BCUT2D eigenvalue weighted by molar-refractivity contribution is 6.33. The van der Waals surface area contributed by atoms with E-state index >= 15 is 0 Å². The van der Waals surface area contributed by atoms with Gasteiger partial charge in [-0.25, -0.2) is 9.97 Å². The Morgan fingerprint density at radius 3 is 2.69 bits per heavy atom. The number of nitrogens with zero attached hydrogens (tertiary/aromatic N) is 5. The summed E-state index contributed by atoms with van der Waals surface area (Å²) in [5.74, 6) is 2.28. The van der Waals surface area contributed by atoms with Crippen LogP contribution in [0.4, 0.5) is 5.95 Å². The molecule has 4 aromatic rings. The Hall–Kier alpha value is -3.36. The molecule has 9 heteroatoms. The first kappa shape index (κ1) is 22.1. The number of aryl methyl sites for hydroxylation is 1. The normalized spacial score (nSPS) is 20.7. The molecule has 2 fully saturated rings. The van der Waals surface area contributed by atoms with Crippen LogP contribution in [-0.4, -0.2) is 44.1 Å². The van der Waals surface area contributed by atoms with E-state index in [1.807, 2.05) is 42.7 Å². The van der Waals surface area contributed by atoms with Crippen molar-refractivity contribution in [3.63, 3.8) is 0 Å². The Kier molecular flexibility index (Phi) is 5.50. The lowest BCUT2D eigenvalue weighted by Gasteiger charge is -2.15. The quantitative estimate of drug-likeness (QED) is 0.427. The Balaban J connectivity index is 1.46. The van der Waals surface area contributed by atoms with Crippen molar-refractivity contribution in [2.45, 2.75) is 20.4 Å². The molecule has 6 rings (SSSR count). The molecule has 4 heterocycles. The third-order valence-electron chi connectivity index (χ3n) is 7.13. The number of rotatable bonds is 6. The van der Waals surface area contributed by atoms with E-state index in [-0.39, 0.29) is 5.56 Å². The van der Waals surface area contributed by atoms with E-state index in [1.165, 1.54) is 0 Å². The van der Waals surface area contributed by atoms with Gasteiger partial charge in [-0.05, 0) is 56.8 Å². The van der Waals surface area contributed by atoms with E-state index in [9.17, 15) is 4.79 Å². The maximum atomic E-state index is 13.9. The molecular weight excluding hydrogens is 462 g/mol. The van der Waals surface area contributed by atoms with E-state index in [0.29, 0.717) is 58.6 Å². The minimum Gasteiger partial charge on any atom is -0.354 e.